The van der Waals surface area contributed by atoms with Crippen molar-refractivity contribution in [1.29, 1.82) is 0 Å². The zero-order valence-electron chi connectivity index (χ0n) is 12.6. The zero-order valence-corrected chi connectivity index (χ0v) is 12.6. The average molecular weight is 306 g/mol. The molecule has 0 unspecified atom stereocenters. The van der Waals surface area contributed by atoms with E-state index in [9.17, 15) is 13.2 Å². The number of nitrogens with one attached hydrogen (secondary N) is 2. The van der Waals surface area contributed by atoms with Crippen LogP contribution in [0.4, 0.5) is 24.9 Å². The highest BCUT2D eigenvalue weighted by Gasteiger charge is 2.33. The predicted octanol–water partition coefficient (Wildman–Crippen LogP) is 3.01. The van der Waals surface area contributed by atoms with Crippen molar-refractivity contribution >= 4 is 11.8 Å². The molecule has 0 aliphatic rings. The van der Waals surface area contributed by atoms with Gasteiger partial charge in [-0.15, -0.1) is 0 Å². The Bertz CT molecular complexity index is 463. The summed E-state index contributed by atoms with van der Waals surface area (Å²) in [6, 6.07) is 0.910. The number of rotatable bonds is 7. The summed E-state index contributed by atoms with van der Waals surface area (Å²) in [6.07, 6.45) is -3.72. The van der Waals surface area contributed by atoms with Crippen LogP contribution in [0.1, 0.15) is 26.0 Å². The lowest BCUT2D eigenvalue weighted by atomic mass is 9.90. The lowest BCUT2D eigenvalue weighted by Crippen LogP contribution is -2.25. The normalized spacial score (nSPS) is 12.3. The van der Waals surface area contributed by atoms with Crippen molar-refractivity contribution in [2.75, 3.05) is 37.9 Å². The molecule has 0 radical (unpaired) electrons. The van der Waals surface area contributed by atoms with Crippen molar-refractivity contribution in [2.45, 2.75) is 26.4 Å². The van der Waals surface area contributed by atoms with Crippen LogP contribution in [0.5, 0.6) is 0 Å². The van der Waals surface area contributed by atoms with Gasteiger partial charge in [0.1, 0.15) is 5.82 Å². The quantitative estimate of drug-likeness (QED) is 0.811. The number of anilines is 2. The third kappa shape index (κ3) is 5.74. The molecule has 0 saturated heterocycles. The van der Waals surface area contributed by atoms with Gasteiger partial charge in [-0.2, -0.15) is 18.2 Å². The molecule has 21 heavy (non-hydrogen) atoms. The van der Waals surface area contributed by atoms with Gasteiger partial charge >= 0.3 is 6.18 Å². The second-order valence-corrected chi connectivity index (χ2v) is 5.47. The Morgan fingerprint density at radius 3 is 2.43 bits per heavy atom. The molecule has 1 heterocycles. The molecule has 0 atom stereocenters. The van der Waals surface area contributed by atoms with Crippen molar-refractivity contribution in [3.63, 3.8) is 0 Å². The van der Waals surface area contributed by atoms with Crippen LogP contribution < -0.4 is 10.6 Å². The van der Waals surface area contributed by atoms with Crippen LogP contribution in [-0.2, 0) is 10.9 Å². The first kappa shape index (κ1) is 17.5. The van der Waals surface area contributed by atoms with E-state index in [-0.39, 0.29) is 17.2 Å². The van der Waals surface area contributed by atoms with E-state index in [1.54, 1.807) is 7.11 Å². The molecule has 1 aromatic rings. The summed E-state index contributed by atoms with van der Waals surface area (Å²) in [6.45, 7) is 5.08. The smallest absolute Gasteiger partial charge is 0.385 e. The highest BCUT2D eigenvalue weighted by molar-refractivity contribution is 5.43. The standard InChI is InChI=1S/C13H21F3N4O/c1-12(2,5-6-21-4)8-18-10-7-9(13(14,15)16)19-11(17-3)20-10/h7H,5-6,8H2,1-4H3,(H2,17,18,19,20). The molecule has 0 bridgehead atoms. The van der Waals surface area contributed by atoms with Crippen molar-refractivity contribution in [1.82, 2.24) is 9.97 Å². The minimum atomic E-state index is -4.50. The number of ether oxygens (including phenoxy) is 1. The lowest BCUT2D eigenvalue weighted by molar-refractivity contribution is -0.141. The van der Waals surface area contributed by atoms with Gasteiger partial charge in [-0.25, -0.2) is 4.98 Å². The summed E-state index contributed by atoms with van der Waals surface area (Å²) in [7, 11) is 3.09. The molecule has 0 amide bonds. The van der Waals surface area contributed by atoms with E-state index in [1.807, 2.05) is 13.8 Å². The first-order valence-electron chi connectivity index (χ1n) is 6.55. The number of alkyl halides is 3. The van der Waals surface area contributed by atoms with E-state index in [0.29, 0.717) is 13.2 Å². The van der Waals surface area contributed by atoms with Gasteiger partial charge in [0, 0.05) is 33.4 Å². The second-order valence-electron chi connectivity index (χ2n) is 5.47. The van der Waals surface area contributed by atoms with Gasteiger partial charge in [-0.3, -0.25) is 0 Å². The third-order valence-corrected chi connectivity index (χ3v) is 2.97. The molecule has 0 fully saturated rings. The van der Waals surface area contributed by atoms with Crippen LogP contribution in [-0.4, -0.2) is 37.3 Å². The van der Waals surface area contributed by atoms with Crippen LogP contribution in [0.15, 0.2) is 6.07 Å². The van der Waals surface area contributed by atoms with Gasteiger partial charge in [0.25, 0.3) is 0 Å². The Morgan fingerprint density at radius 1 is 1.24 bits per heavy atom. The SMILES string of the molecule is CNc1nc(NCC(C)(C)CCOC)cc(C(F)(F)F)n1. The molecule has 0 saturated carbocycles. The highest BCUT2D eigenvalue weighted by Crippen LogP contribution is 2.30. The summed E-state index contributed by atoms with van der Waals surface area (Å²) >= 11 is 0. The molecule has 1 aromatic heterocycles. The fraction of sp³-hybridized carbons (Fsp3) is 0.692. The van der Waals surface area contributed by atoms with Crippen molar-refractivity contribution in [3.8, 4) is 0 Å². The fourth-order valence-corrected chi connectivity index (χ4v) is 1.59. The minimum Gasteiger partial charge on any atom is -0.385 e. The maximum Gasteiger partial charge on any atom is 0.433 e. The van der Waals surface area contributed by atoms with Crippen LogP contribution in [0, 0.1) is 5.41 Å². The number of hydrogen-bond donors (Lipinski definition) is 2. The molecule has 0 spiro atoms. The molecule has 8 heteroatoms. The molecule has 5 nitrogen and oxygen atoms in total. The molecule has 2 N–H and O–H groups in total. The predicted molar refractivity (Wildman–Crippen MR) is 75.3 cm³/mol. The number of halogens is 3. The van der Waals surface area contributed by atoms with E-state index in [0.717, 1.165) is 12.5 Å². The molecule has 1 rings (SSSR count). The van der Waals surface area contributed by atoms with Crippen LogP contribution in [0.3, 0.4) is 0 Å². The molecule has 0 aromatic carbocycles. The fourth-order valence-electron chi connectivity index (χ4n) is 1.59. The Balaban J connectivity index is 2.83. The van der Waals surface area contributed by atoms with Gasteiger partial charge in [0.15, 0.2) is 5.69 Å². The van der Waals surface area contributed by atoms with E-state index in [1.165, 1.54) is 7.05 Å². The Hall–Kier alpha value is -1.57. The van der Waals surface area contributed by atoms with E-state index in [2.05, 4.69) is 20.6 Å². The monoisotopic (exact) mass is 306 g/mol. The molecule has 120 valence electrons. The molecular weight excluding hydrogens is 285 g/mol. The third-order valence-electron chi connectivity index (χ3n) is 2.97. The first-order chi connectivity index (χ1) is 9.68. The molecular formula is C13H21F3N4O. The van der Waals surface area contributed by atoms with Crippen molar-refractivity contribution < 1.29 is 17.9 Å². The van der Waals surface area contributed by atoms with Gasteiger partial charge in [0.2, 0.25) is 5.95 Å². The van der Waals surface area contributed by atoms with E-state index >= 15 is 0 Å². The second kappa shape index (κ2) is 6.93. The maximum atomic E-state index is 12.8. The lowest BCUT2D eigenvalue weighted by Gasteiger charge is -2.25. The summed E-state index contributed by atoms with van der Waals surface area (Å²) in [5.74, 6) is 0.0780. The topological polar surface area (TPSA) is 59.1 Å². The molecule has 0 aliphatic heterocycles. The van der Waals surface area contributed by atoms with Crippen molar-refractivity contribution in [3.05, 3.63) is 11.8 Å². The van der Waals surface area contributed by atoms with Crippen LogP contribution in [0.2, 0.25) is 0 Å². The Labute approximate surface area is 122 Å². The number of hydrogen-bond acceptors (Lipinski definition) is 5. The van der Waals surface area contributed by atoms with Gasteiger partial charge in [0.05, 0.1) is 0 Å². The summed E-state index contributed by atoms with van der Waals surface area (Å²) in [4.78, 5) is 7.39. The summed E-state index contributed by atoms with van der Waals surface area (Å²) in [5, 5.41) is 5.46. The van der Waals surface area contributed by atoms with Crippen LogP contribution in [0.25, 0.3) is 0 Å². The van der Waals surface area contributed by atoms with Gasteiger partial charge in [-0.05, 0) is 11.8 Å². The minimum absolute atomic E-state index is 0.0676. The Morgan fingerprint density at radius 2 is 1.90 bits per heavy atom. The Kier molecular flexibility index (Phi) is 5.77. The van der Waals surface area contributed by atoms with Crippen molar-refractivity contribution in [2.24, 2.45) is 5.41 Å². The molecule has 0 aliphatic carbocycles. The zero-order chi connectivity index (χ0) is 16.1. The number of methoxy groups -OCH3 is 1. The first-order valence-corrected chi connectivity index (χ1v) is 6.55. The summed E-state index contributed by atoms with van der Waals surface area (Å²) in [5.41, 5.74) is -1.10. The van der Waals surface area contributed by atoms with E-state index in [4.69, 9.17) is 4.74 Å². The number of nitrogens with zero attached hydrogens (tertiary/aromatic N) is 2. The van der Waals surface area contributed by atoms with Gasteiger partial charge < -0.3 is 15.4 Å². The highest BCUT2D eigenvalue weighted by atomic mass is 19.4. The number of aromatic nitrogens is 2. The summed E-state index contributed by atoms with van der Waals surface area (Å²) < 4.78 is 43.3. The average Bonchev–Trinajstić information content (AvgIpc) is 2.42. The maximum absolute atomic E-state index is 12.8. The largest absolute Gasteiger partial charge is 0.433 e. The van der Waals surface area contributed by atoms with Crippen LogP contribution >= 0.6 is 0 Å². The van der Waals surface area contributed by atoms with Gasteiger partial charge in [-0.1, -0.05) is 13.8 Å². The van der Waals surface area contributed by atoms with E-state index < -0.39 is 11.9 Å².